The Balaban J connectivity index is 1.73. The van der Waals surface area contributed by atoms with Gasteiger partial charge >= 0.3 is 0 Å². The topological polar surface area (TPSA) is 91.7 Å². The first-order valence-corrected chi connectivity index (χ1v) is 10.5. The van der Waals surface area contributed by atoms with Gasteiger partial charge in [-0.05, 0) is 30.5 Å². The average Bonchev–Trinajstić information content (AvgIpc) is 3.09. The van der Waals surface area contributed by atoms with Crippen LogP contribution in [-0.2, 0) is 4.79 Å². The van der Waals surface area contributed by atoms with Crippen molar-refractivity contribution in [1.82, 2.24) is 10.2 Å². The largest absolute Gasteiger partial charge is 0.497 e. The second-order valence-electron chi connectivity index (χ2n) is 6.98. The van der Waals surface area contributed by atoms with Gasteiger partial charge in [0, 0.05) is 29.5 Å². The summed E-state index contributed by atoms with van der Waals surface area (Å²) in [4.78, 5) is 27.9. The van der Waals surface area contributed by atoms with Gasteiger partial charge in [0.25, 0.3) is 5.91 Å². The third-order valence-corrected chi connectivity index (χ3v) is 6.45. The number of amides is 2. The molecule has 0 saturated carbocycles. The lowest BCUT2D eigenvalue weighted by Crippen LogP contribution is -2.37. The molecule has 1 aromatic rings. The standard InChI is InChI=1S/C21H25N3O4S/c1-4-5-19(25)24-7-6-16-17(11-22)21(29-18(16)12-24)23-20(26)13-8-14(27-2)10-15(9-13)28-3/h8-10,17,21H,4-7,12H2,1-3H3,(H,23,26). The molecule has 2 unspecified atom stereocenters. The Kier molecular flexibility index (Phi) is 6.70. The Morgan fingerprint density at radius 1 is 1.28 bits per heavy atom. The van der Waals surface area contributed by atoms with Gasteiger partial charge in [-0.3, -0.25) is 9.59 Å². The van der Waals surface area contributed by atoms with Crippen molar-refractivity contribution >= 4 is 23.6 Å². The molecule has 0 bridgehead atoms. The van der Waals surface area contributed by atoms with Crippen molar-refractivity contribution in [3.05, 3.63) is 34.2 Å². The lowest BCUT2D eigenvalue weighted by Gasteiger charge is -2.28. The highest BCUT2D eigenvalue weighted by atomic mass is 32.2. The first-order valence-electron chi connectivity index (χ1n) is 9.60. The van der Waals surface area contributed by atoms with Crippen molar-refractivity contribution < 1.29 is 19.1 Å². The van der Waals surface area contributed by atoms with E-state index in [1.165, 1.54) is 26.0 Å². The van der Waals surface area contributed by atoms with Crippen LogP contribution in [0.5, 0.6) is 11.5 Å². The Morgan fingerprint density at radius 3 is 2.55 bits per heavy atom. The minimum Gasteiger partial charge on any atom is -0.497 e. The number of ether oxygens (including phenoxy) is 2. The Bertz CT molecular complexity index is 855. The molecule has 2 amide bonds. The van der Waals surface area contributed by atoms with Crippen molar-refractivity contribution in [3.63, 3.8) is 0 Å². The van der Waals surface area contributed by atoms with Gasteiger partial charge < -0.3 is 19.7 Å². The number of hydrogen-bond acceptors (Lipinski definition) is 6. The predicted molar refractivity (Wildman–Crippen MR) is 111 cm³/mol. The number of carbonyl (C=O) groups excluding carboxylic acids is 2. The zero-order valence-corrected chi connectivity index (χ0v) is 17.7. The van der Waals surface area contributed by atoms with Gasteiger partial charge in [0.1, 0.15) is 11.5 Å². The Labute approximate surface area is 175 Å². The molecule has 2 aliphatic rings. The minimum atomic E-state index is -0.394. The third-order valence-electron chi connectivity index (χ3n) is 5.13. The van der Waals surface area contributed by atoms with E-state index in [1.54, 1.807) is 18.2 Å². The maximum Gasteiger partial charge on any atom is 0.252 e. The molecule has 8 heteroatoms. The smallest absolute Gasteiger partial charge is 0.252 e. The summed E-state index contributed by atoms with van der Waals surface area (Å²) < 4.78 is 10.5. The van der Waals surface area contributed by atoms with Crippen molar-refractivity contribution in [2.75, 3.05) is 27.3 Å². The minimum absolute atomic E-state index is 0.143. The fourth-order valence-electron chi connectivity index (χ4n) is 3.59. The van der Waals surface area contributed by atoms with E-state index in [2.05, 4.69) is 11.4 Å². The summed E-state index contributed by atoms with van der Waals surface area (Å²) in [5, 5.41) is 12.3. The maximum atomic E-state index is 12.8. The molecule has 0 aliphatic carbocycles. The number of rotatable bonds is 6. The number of methoxy groups -OCH3 is 2. The normalized spacial score (nSPS) is 20.7. The Morgan fingerprint density at radius 2 is 1.97 bits per heavy atom. The van der Waals surface area contributed by atoms with Crippen LogP contribution in [0.4, 0.5) is 0 Å². The molecule has 29 heavy (non-hydrogen) atoms. The monoisotopic (exact) mass is 415 g/mol. The first kappa shape index (κ1) is 21.1. The number of thioether (sulfide) groups is 1. The molecule has 154 valence electrons. The quantitative estimate of drug-likeness (QED) is 0.768. The molecular formula is C21H25N3O4S. The summed E-state index contributed by atoms with van der Waals surface area (Å²) in [5.41, 5.74) is 1.45. The van der Waals surface area contributed by atoms with E-state index in [9.17, 15) is 14.9 Å². The zero-order chi connectivity index (χ0) is 21.0. The van der Waals surface area contributed by atoms with Crippen LogP contribution in [-0.4, -0.2) is 49.4 Å². The lowest BCUT2D eigenvalue weighted by atomic mass is 9.94. The summed E-state index contributed by atoms with van der Waals surface area (Å²) in [5.74, 6) is 0.499. The van der Waals surface area contributed by atoms with E-state index < -0.39 is 5.92 Å². The van der Waals surface area contributed by atoms with Crippen molar-refractivity contribution in [2.24, 2.45) is 5.92 Å². The van der Waals surface area contributed by atoms with E-state index >= 15 is 0 Å². The number of nitrogens with zero attached hydrogens (tertiary/aromatic N) is 2. The van der Waals surface area contributed by atoms with Crippen molar-refractivity contribution in [1.29, 1.82) is 5.26 Å². The maximum absolute atomic E-state index is 12.8. The SMILES string of the molecule is CCCC(=O)N1CCC2=C(C1)SC(NC(=O)c1cc(OC)cc(OC)c1)C2C#N. The molecule has 3 rings (SSSR count). The van der Waals surface area contributed by atoms with E-state index in [0.717, 1.165) is 16.9 Å². The van der Waals surface area contributed by atoms with Crippen LogP contribution in [0.1, 0.15) is 36.5 Å². The summed E-state index contributed by atoms with van der Waals surface area (Å²) in [6.07, 6.45) is 2.03. The number of hydrogen-bond donors (Lipinski definition) is 1. The molecule has 7 nitrogen and oxygen atoms in total. The van der Waals surface area contributed by atoms with Gasteiger partial charge in [0.15, 0.2) is 0 Å². The van der Waals surface area contributed by atoms with E-state index in [4.69, 9.17) is 9.47 Å². The number of nitrogens with one attached hydrogen (secondary N) is 1. The highest BCUT2D eigenvalue weighted by Crippen LogP contribution is 2.44. The van der Waals surface area contributed by atoms with Crippen molar-refractivity contribution in [3.8, 4) is 17.6 Å². The highest BCUT2D eigenvalue weighted by molar-refractivity contribution is 8.04. The molecule has 0 fully saturated rings. The summed E-state index contributed by atoms with van der Waals surface area (Å²) >= 11 is 1.48. The molecule has 0 aromatic heterocycles. The van der Waals surface area contributed by atoms with Crippen LogP contribution in [0.25, 0.3) is 0 Å². The number of nitriles is 1. The third kappa shape index (κ3) is 4.51. The fraction of sp³-hybridized carbons (Fsp3) is 0.476. The second kappa shape index (κ2) is 9.23. The predicted octanol–water partition coefficient (Wildman–Crippen LogP) is 2.93. The van der Waals surface area contributed by atoms with E-state index in [0.29, 0.717) is 43.0 Å². The number of carbonyl (C=O) groups is 2. The molecule has 0 radical (unpaired) electrons. The molecule has 1 N–H and O–H groups in total. The lowest BCUT2D eigenvalue weighted by molar-refractivity contribution is -0.130. The van der Waals surface area contributed by atoms with Gasteiger partial charge in [0.2, 0.25) is 5.91 Å². The van der Waals surface area contributed by atoms with Crippen LogP contribution in [0.2, 0.25) is 0 Å². The first-order chi connectivity index (χ1) is 14.0. The number of benzene rings is 1. The summed E-state index contributed by atoms with van der Waals surface area (Å²) in [7, 11) is 3.05. The molecule has 1 aromatic carbocycles. The van der Waals surface area contributed by atoms with E-state index in [1.807, 2.05) is 11.8 Å². The zero-order valence-electron chi connectivity index (χ0n) is 16.9. The Hall–Kier alpha value is -2.66. The second-order valence-corrected chi connectivity index (χ2v) is 8.22. The van der Waals surface area contributed by atoms with Gasteiger partial charge in [-0.25, -0.2) is 0 Å². The molecule has 0 spiro atoms. The molecule has 2 atom stereocenters. The van der Waals surface area contributed by atoms with Crippen LogP contribution >= 0.6 is 11.8 Å². The summed E-state index contributed by atoms with van der Waals surface area (Å²) in [6, 6.07) is 7.31. The molecule has 2 heterocycles. The van der Waals surface area contributed by atoms with Gasteiger partial charge in [0.05, 0.1) is 38.1 Å². The average molecular weight is 416 g/mol. The van der Waals surface area contributed by atoms with Crippen LogP contribution in [0.3, 0.4) is 0 Å². The molecular weight excluding hydrogens is 390 g/mol. The van der Waals surface area contributed by atoms with Crippen LogP contribution < -0.4 is 14.8 Å². The highest BCUT2D eigenvalue weighted by Gasteiger charge is 2.39. The van der Waals surface area contributed by atoms with Crippen LogP contribution in [0.15, 0.2) is 28.7 Å². The molecule has 2 aliphatic heterocycles. The van der Waals surface area contributed by atoms with Crippen molar-refractivity contribution in [2.45, 2.75) is 31.6 Å². The summed E-state index contributed by atoms with van der Waals surface area (Å²) in [6.45, 7) is 3.14. The molecule has 0 saturated heterocycles. The van der Waals surface area contributed by atoms with Gasteiger partial charge in [-0.2, -0.15) is 5.26 Å². The van der Waals surface area contributed by atoms with Crippen LogP contribution in [0, 0.1) is 17.2 Å². The van der Waals surface area contributed by atoms with Gasteiger partial charge in [-0.1, -0.05) is 6.92 Å². The van der Waals surface area contributed by atoms with E-state index in [-0.39, 0.29) is 17.2 Å². The van der Waals surface area contributed by atoms with Gasteiger partial charge in [-0.15, -0.1) is 11.8 Å². The fourth-order valence-corrected chi connectivity index (χ4v) is 5.03.